The highest BCUT2D eigenvalue weighted by molar-refractivity contribution is 5.75. The van der Waals surface area contributed by atoms with Crippen LogP contribution >= 0.6 is 0 Å². The summed E-state index contributed by atoms with van der Waals surface area (Å²) in [5, 5.41) is 0. The van der Waals surface area contributed by atoms with Gasteiger partial charge in [-0.1, -0.05) is 105 Å². The van der Waals surface area contributed by atoms with Crippen molar-refractivity contribution in [2.24, 2.45) is 0 Å². The molecule has 0 unspecified atom stereocenters. The molecule has 1 aliphatic heterocycles. The van der Waals surface area contributed by atoms with Crippen LogP contribution in [0.3, 0.4) is 0 Å². The van der Waals surface area contributed by atoms with Gasteiger partial charge < -0.3 is 18.9 Å². The lowest BCUT2D eigenvalue weighted by atomic mass is 9.75. The summed E-state index contributed by atoms with van der Waals surface area (Å²) >= 11 is 0. The summed E-state index contributed by atoms with van der Waals surface area (Å²) in [5.74, 6) is 0.490. The molecule has 3 atom stereocenters. The van der Waals surface area contributed by atoms with Crippen LogP contribution in [-0.2, 0) is 31.2 Å². The Labute approximate surface area is 224 Å². The van der Waals surface area contributed by atoms with Gasteiger partial charge in [-0.15, -0.1) is 0 Å². The zero-order chi connectivity index (χ0) is 26.4. The highest BCUT2D eigenvalue weighted by Crippen LogP contribution is 2.50. The van der Waals surface area contributed by atoms with Crippen molar-refractivity contribution in [3.05, 3.63) is 125 Å². The number of hydrogen-bond acceptors (Lipinski definition) is 5. The summed E-state index contributed by atoms with van der Waals surface area (Å²) < 4.78 is 24.5. The van der Waals surface area contributed by atoms with E-state index < -0.39 is 11.8 Å². The summed E-state index contributed by atoms with van der Waals surface area (Å²) in [5.41, 5.74) is 4.21. The quantitative estimate of drug-likeness (QED) is 0.288. The molecule has 2 aliphatic rings. The number of benzene rings is 3. The Bertz CT molecular complexity index is 1280. The molecule has 0 saturated carbocycles. The summed E-state index contributed by atoms with van der Waals surface area (Å²) in [6.45, 7) is 4.33. The maximum absolute atomic E-state index is 12.9. The monoisotopic (exact) mass is 510 g/mol. The van der Waals surface area contributed by atoms with Crippen LogP contribution in [0, 0.1) is 0 Å². The number of hydrogen-bond donors (Lipinski definition) is 0. The Hall–Kier alpha value is -3.67. The fourth-order valence-corrected chi connectivity index (χ4v) is 5.41. The van der Waals surface area contributed by atoms with Crippen LogP contribution in [0.5, 0.6) is 0 Å². The molecule has 0 N–H and O–H groups in total. The summed E-state index contributed by atoms with van der Waals surface area (Å²) in [7, 11) is 0. The molecular formula is C33H34O5. The minimum Gasteiger partial charge on any atom is -0.429 e. The third-order valence-electron chi connectivity index (χ3n) is 7.23. The van der Waals surface area contributed by atoms with E-state index >= 15 is 0 Å². The molecule has 3 aromatic rings. The second kappa shape index (κ2) is 11.8. The molecule has 3 aromatic carbocycles. The van der Waals surface area contributed by atoms with Gasteiger partial charge in [-0.25, -0.2) is 4.79 Å². The molecule has 1 saturated heterocycles. The van der Waals surface area contributed by atoms with E-state index in [0.717, 1.165) is 47.1 Å². The Morgan fingerprint density at radius 2 is 1.53 bits per heavy atom. The van der Waals surface area contributed by atoms with Gasteiger partial charge in [0, 0.05) is 5.57 Å². The van der Waals surface area contributed by atoms with E-state index in [2.05, 4.69) is 26.0 Å². The van der Waals surface area contributed by atoms with Crippen LogP contribution in [0.2, 0.25) is 0 Å². The highest BCUT2D eigenvalue weighted by atomic mass is 16.7. The Morgan fingerprint density at radius 1 is 0.868 bits per heavy atom. The van der Waals surface area contributed by atoms with E-state index in [1.165, 1.54) is 0 Å². The van der Waals surface area contributed by atoms with Gasteiger partial charge in [0.2, 0.25) is 0 Å². The number of ether oxygens (including phenoxy) is 4. The lowest BCUT2D eigenvalue weighted by molar-refractivity contribution is -0.0841. The molecule has 1 aliphatic carbocycles. The minimum atomic E-state index is -0.762. The van der Waals surface area contributed by atoms with E-state index in [1.807, 2.05) is 84.9 Å². The fourth-order valence-electron chi connectivity index (χ4n) is 5.41. The predicted molar refractivity (Wildman–Crippen MR) is 147 cm³/mol. The molecule has 0 radical (unpaired) electrons. The lowest BCUT2D eigenvalue weighted by Crippen LogP contribution is -2.39. The van der Waals surface area contributed by atoms with Gasteiger partial charge in [-0.3, -0.25) is 0 Å². The molecule has 0 spiro atoms. The second-order valence-electron chi connectivity index (χ2n) is 9.60. The largest absolute Gasteiger partial charge is 0.514 e. The van der Waals surface area contributed by atoms with Crippen molar-refractivity contribution in [3.8, 4) is 0 Å². The maximum atomic E-state index is 12.9. The number of rotatable bonds is 8. The summed E-state index contributed by atoms with van der Waals surface area (Å²) in [6.07, 6.45) is 3.76. The SMILES string of the molecule is CC[C@H]1O[C@@H](CC)[C@](C2=CC(OC(=O)OCc3ccccc3)=C(c3ccccc3)CC2)(c2ccccc2)O1. The maximum Gasteiger partial charge on any atom is 0.514 e. The van der Waals surface area contributed by atoms with E-state index in [4.69, 9.17) is 18.9 Å². The second-order valence-corrected chi connectivity index (χ2v) is 9.60. The van der Waals surface area contributed by atoms with Crippen molar-refractivity contribution in [2.75, 3.05) is 0 Å². The van der Waals surface area contributed by atoms with E-state index in [0.29, 0.717) is 12.2 Å². The van der Waals surface area contributed by atoms with Crippen LogP contribution < -0.4 is 0 Å². The summed E-state index contributed by atoms with van der Waals surface area (Å²) in [6, 6.07) is 29.9. The normalized spacial score (nSPS) is 23.2. The van der Waals surface area contributed by atoms with Crippen LogP contribution in [0.1, 0.15) is 56.2 Å². The van der Waals surface area contributed by atoms with Crippen molar-refractivity contribution >= 4 is 11.7 Å². The van der Waals surface area contributed by atoms with E-state index in [9.17, 15) is 4.79 Å². The average molecular weight is 511 g/mol. The molecule has 38 heavy (non-hydrogen) atoms. The Balaban J connectivity index is 1.53. The van der Waals surface area contributed by atoms with Gasteiger partial charge in [0.1, 0.15) is 18.0 Å². The molecule has 0 amide bonds. The van der Waals surface area contributed by atoms with Crippen LogP contribution in [0.25, 0.3) is 5.57 Å². The van der Waals surface area contributed by atoms with Gasteiger partial charge in [0.05, 0.1) is 6.10 Å². The molecule has 0 aromatic heterocycles. The smallest absolute Gasteiger partial charge is 0.429 e. The van der Waals surface area contributed by atoms with Crippen LogP contribution in [-0.4, -0.2) is 18.5 Å². The minimum absolute atomic E-state index is 0.144. The number of allylic oxidation sites excluding steroid dienone is 2. The molecule has 5 rings (SSSR count). The first-order valence-electron chi connectivity index (χ1n) is 13.4. The van der Waals surface area contributed by atoms with E-state index in [1.54, 1.807) is 0 Å². The van der Waals surface area contributed by atoms with Crippen molar-refractivity contribution in [1.29, 1.82) is 0 Å². The first kappa shape index (κ1) is 26.0. The van der Waals surface area contributed by atoms with E-state index in [-0.39, 0.29) is 19.0 Å². The molecule has 5 heteroatoms. The first-order chi connectivity index (χ1) is 18.6. The molecule has 1 heterocycles. The molecule has 196 valence electrons. The Morgan fingerprint density at radius 3 is 2.18 bits per heavy atom. The Kier molecular flexibility index (Phi) is 8.06. The predicted octanol–water partition coefficient (Wildman–Crippen LogP) is 7.93. The van der Waals surface area contributed by atoms with Crippen LogP contribution in [0.15, 0.2) is 108 Å². The first-order valence-corrected chi connectivity index (χ1v) is 13.4. The van der Waals surface area contributed by atoms with Gasteiger partial charge in [-0.2, -0.15) is 0 Å². The lowest BCUT2D eigenvalue weighted by Gasteiger charge is -2.37. The van der Waals surface area contributed by atoms with Gasteiger partial charge in [0.25, 0.3) is 0 Å². The summed E-state index contributed by atoms with van der Waals surface area (Å²) in [4.78, 5) is 12.9. The highest BCUT2D eigenvalue weighted by Gasteiger charge is 2.52. The fraction of sp³-hybridized carbons (Fsp3) is 0.303. The van der Waals surface area contributed by atoms with Crippen LogP contribution in [0.4, 0.5) is 4.79 Å². The average Bonchev–Trinajstić information content (AvgIpc) is 3.38. The third kappa shape index (κ3) is 5.31. The standard InChI is InChI=1S/C33H34O5/c1-3-30-33(38-31(4-2)37-30,26-18-12-7-13-19-26)27-20-21-28(25-16-10-6-11-17-25)29(22-27)36-32(34)35-23-24-14-8-5-9-15-24/h5-19,22,30-31H,3-4,20-21,23H2,1-2H3/t30-,31-,33+/m0/s1. The van der Waals surface area contributed by atoms with Crippen molar-refractivity contribution in [3.63, 3.8) is 0 Å². The third-order valence-corrected chi connectivity index (χ3v) is 7.23. The topological polar surface area (TPSA) is 54.0 Å². The molecule has 1 fully saturated rings. The van der Waals surface area contributed by atoms with Crippen molar-refractivity contribution in [1.82, 2.24) is 0 Å². The molecule has 0 bridgehead atoms. The van der Waals surface area contributed by atoms with Crippen molar-refractivity contribution in [2.45, 2.75) is 64.1 Å². The van der Waals surface area contributed by atoms with Crippen molar-refractivity contribution < 1.29 is 23.7 Å². The molecule has 5 nitrogen and oxygen atoms in total. The van der Waals surface area contributed by atoms with Gasteiger partial charge in [-0.05, 0) is 54.0 Å². The zero-order valence-corrected chi connectivity index (χ0v) is 22.0. The molecular weight excluding hydrogens is 476 g/mol. The van der Waals surface area contributed by atoms with Gasteiger partial charge >= 0.3 is 6.16 Å². The number of carbonyl (C=O) groups excluding carboxylic acids is 1. The zero-order valence-electron chi connectivity index (χ0n) is 22.0. The number of carbonyl (C=O) groups is 1. The van der Waals surface area contributed by atoms with Gasteiger partial charge in [0.15, 0.2) is 6.29 Å².